The summed E-state index contributed by atoms with van der Waals surface area (Å²) in [5.74, 6) is -0.625. The molecule has 2 aromatic rings. The molecule has 2 atom stereocenters. The van der Waals surface area contributed by atoms with E-state index < -0.39 is 42.5 Å². The zero-order chi connectivity index (χ0) is 23.0. The van der Waals surface area contributed by atoms with Crippen molar-refractivity contribution in [3.8, 4) is 11.8 Å². The van der Waals surface area contributed by atoms with Crippen LogP contribution in [0, 0.1) is 17.2 Å². The summed E-state index contributed by atoms with van der Waals surface area (Å²) >= 11 is 0. The van der Waals surface area contributed by atoms with Crippen molar-refractivity contribution in [2.45, 2.75) is 18.6 Å². The summed E-state index contributed by atoms with van der Waals surface area (Å²) in [6.07, 6.45) is -1.64. The van der Waals surface area contributed by atoms with Gasteiger partial charge in [-0.15, -0.1) is 0 Å². The molecule has 9 nitrogen and oxygen atoms in total. The lowest BCUT2D eigenvalue weighted by Crippen LogP contribution is -2.29. The van der Waals surface area contributed by atoms with Crippen LogP contribution < -0.4 is 15.7 Å². The Morgan fingerprint density at radius 2 is 2.22 bits per heavy atom. The summed E-state index contributed by atoms with van der Waals surface area (Å²) in [4.78, 5) is 11.9. The van der Waals surface area contributed by atoms with E-state index in [1.165, 1.54) is 29.0 Å². The average Bonchev–Trinajstić information content (AvgIpc) is 3.16. The molecule has 13 heteroatoms. The Bertz CT molecular complexity index is 1130. The number of halogens is 3. The van der Waals surface area contributed by atoms with Crippen molar-refractivity contribution in [1.29, 1.82) is 5.26 Å². The van der Waals surface area contributed by atoms with Crippen LogP contribution in [0.2, 0.25) is 0 Å². The largest absolute Gasteiger partial charge is 0.552 e. The fourth-order valence-electron chi connectivity index (χ4n) is 3.64. The fourth-order valence-corrected chi connectivity index (χ4v) is 3.64. The molecule has 1 aromatic carbocycles. The predicted octanol–water partition coefficient (Wildman–Crippen LogP) is 2.27. The molecule has 0 saturated carbocycles. The quantitative estimate of drug-likeness (QED) is 0.612. The van der Waals surface area contributed by atoms with Gasteiger partial charge in [0, 0.05) is 24.1 Å². The first-order valence-electron chi connectivity index (χ1n) is 9.59. The number of nitrogens with zero attached hydrogens (tertiary/aromatic N) is 3. The molecule has 1 amide bonds. The normalized spacial score (nSPS) is 20.3. The van der Waals surface area contributed by atoms with Crippen LogP contribution in [0.3, 0.4) is 0 Å². The second kappa shape index (κ2) is 8.21. The number of nitrogens with two attached hydrogens (primary N) is 1. The first-order valence-corrected chi connectivity index (χ1v) is 9.59. The van der Waals surface area contributed by atoms with Gasteiger partial charge in [0.15, 0.2) is 5.82 Å². The zero-order valence-corrected chi connectivity index (χ0v) is 16.5. The van der Waals surface area contributed by atoms with E-state index in [4.69, 9.17) is 15.1 Å². The molecule has 0 spiro atoms. The van der Waals surface area contributed by atoms with Crippen molar-refractivity contribution in [3.05, 3.63) is 41.0 Å². The van der Waals surface area contributed by atoms with Gasteiger partial charge in [-0.2, -0.15) is 23.5 Å². The average molecular weight is 447 g/mol. The molecular formula is C19H17BF3N5O4. The zero-order valence-electron chi connectivity index (χ0n) is 16.5. The molecule has 4 N–H and O–H groups in total. The smallest absolute Gasteiger partial charge is 0.532 e. The van der Waals surface area contributed by atoms with Crippen LogP contribution in [-0.4, -0.2) is 41.0 Å². The first-order chi connectivity index (χ1) is 15.2. The number of alkyl halides is 3. The van der Waals surface area contributed by atoms with Crippen molar-refractivity contribution in [1.82, 2.24) is 9.78 Å². The minimum absolute atomic E-state index is 0.0230. The van der Waals surface area contributed by atoms with Gasteiger partial charge in [-0.3, -0.25) is 9.48 Å². The molecule has 2 aliphatic rings. The summed E-state index contributed by atoms with van der Waals surface area (Å²) in [5.41, 5.74) is 4.33. The Morgan fingerprint density at radius 1 is 1.44 bits per heavy atom. The van der Waals surface area contributed by atoms with Gasteiger partial charge < -0.3 is 25.5 Å². The van der Waals surface area contributed by atoms with E-state index in [-0.39, 0.29) is 29.2 Å². The maximum absolute atomic E-state index is 13.6. The van der Waals surface area contributed by atoms with Crippen molar-refractivity contribution in [2.75, 3.05) is 18.5 Å². The highest BCUT2D eigenvalue weighted by Crippen LogP contribution is 2.42. The van der Waals surface area contributed by atoms with Crippen molar-refractivity contribution < 1.29 is 32.4 Å². The van der Waals surface area contributed by atoms with Crippen LogP contribution in [0.25, 0.3) is 6.08 Å². The number of primary amides is 1. The molecule has 1 unspecified atom stereocenters. The Hall–Kier alpha value is -3.50. The van der Waals surface area contributed by atoms with Gasteiger partial charge in [-0.05, 0) is 24.5 Å². The number of ether oxygens (including phenoxy) is 1. The molecule has 1 aromatic heterocycles. The SMILES string of the molecule is N#C[C@H]1CCOCC1n1cc(C(N)=O)c(Nc2cc3c(c(C(F)(F)F)c2)OB(O)C=C3)n1. The highest BCUT2D eigenvalue weighted by Gasteiger charge is 2.38. The summed E-state index contributed by atoms with van der Waals surface area (Å²) in [5, 5.41) is 25.9. The molecule has 0 bridgehead atoms. The van der Waals surface area contributed by atoms with Gasteiger partial charge >= 0.3 is 13.3 Å². The second-order valence-corrected chi connectivity index (χ2v) is 7.33. The summed E-state index contributed by atoms with van der Waals surface area (Å²) < 4.78 is 52.5. The van der Waals surface area contributed by atoms with Crippen molar-refractivity contribution in [3.63, 3.8) is 0 Å². The Morgan fingerprint density at radius 3 is 2.91 bits per heavy atom. The van der Waals surface area contributed by atoms with E-state index in [1.807, 2.05) is 0 Å². The molecule has 32 heavy (non-hydrogen) atoms. The van der Waals surface area contributed by atoms with Crippen LogP contribution in [0.4, 0.5) is 24.7 Å². The Kier molecular flexibility index (Phi) is 5.58. The van der Waals surface area contributed by atoms with Crippen molar-refractivity contribution in [2.24, 2.45) is 11.7 Å². The lowest BCUT2D eigenvalue weighted by molar-refractivity contribution is -0.138. The predicted molar refractivity (Wildman–Crippen MR) is 107 cm³/mol. The van der Waals surface area contributed by atoms with Gasteiger partial charge in [-0.1, -0.05) is 6.08 Å². The van der Waals surface area contributed by atoms with Crippen molar-refractivity contribution >= 4 is 30.6 Å². The number of nitrogens with one attached hydrogen (secondary N) is 1. The summed E-state index contributed by atoms with van der Waals surface area (Å²) in [6, 6.07) is 3.85. The van der Waals surface area contributed by atoms with Gasteiger partial charge in [0.2, 0.25) is 0 Å². The van der Waals surface area contributed by atoms with E-state index in [0.717, 1.165) is 6.07 Å². The van der Waals surface area contributed by atoms with Crippen LogP contribution in [0.1, 0.15) is 33.9 Å². The lowest BCUT2D eigenvalue weighted by Gasteiger charge is -2.27. The maximum Gasteiger partial charge on any atom is 0.552 e. The number of hydrogen-bond donors (Lipinski definition) is 3. The number of rotatable bonds is 4. The third kappa shape index (κ3) is 4.14. The minimum Gasteiger partial charge on any atom is -0.532 e. The molecule has 166 valence electrons. The number of hydrogen-bond acceptors (Lipinski definition) is 7. The monoisotopic (exact) mass is 447 g/mol. The molecule has 4 rings (SSSR count). The second-order valence-electron chi connectivity index (χ2n) is 7.33. The van der Waals surface area contributed by atoms with Crippen LogP contribution in [0.15, 0.2) is 24.3 Å². The van der Waals surface area contributed by atoms with Gasteiger partial charge in [0.1, 0.15) is 11.3 Å². The standard InChI is InChI=1S/C19H17BF3N5O4/c21-19(22,23)14-6-12(5-10-1-3-20(30)32-16(10)14)26-18-13(17(25)29)8-28(27-18)15-9-31-4-2-11(15)7-24/h1,3,5-6,8,11,15,30H,2,4,9H2,(H2,25,29)(H,26,27)/t11-,15?/m1/s1. The molecule has 1 saturated heterocycles. The molecule has 3 heterocycles. The topological polar surface area (TPSA) is 135 Å². The number of benzene rings is 1. The lowest BCUT2D eigenvalue weighted by atomic mass is 9.85. The number of nitriles is 1. The molecule has 0 radical (unpaired) electrons. The van der Waals surface area contributed by atoms with E-state index in [9.17, 15) is 28.3 Å². The molecule has 2 aliphatic heterocycles. The maximum atomic E-state index is 13.6. The van der Waals surface area contributed by atoms with Gasteiger partial charge in [-0.25, -0.2) is 0 Å². The number of fused-ring (bicyclic) bond motifs is 1. The molecule has 0 aliphatic carbocycles. The highest BCUT2D eigenvalue weighted by atomic mass is 19.4. The fraction of sp³-hybridized carbons (Fsp3) is 0.316. The number of carbonyl (C=O) groups excluding carboxylic acids is 1. The van der Waals surface area contributed by atoms with Gasteiger partial charge in [0.05, 0.1) is 30.2 Å². The summed E-state index contributed by atoms with van der Waals surface area (Å²) in [6.45, 7) is 0.614. The van der Waals surface area contributed by atoms with E-state index in [0.29, 0.717) is 13.0 Å². The number of amides is 1. The third-order valence-electron chi connectivity index (χ3n) is 5.19. The minimum atomic E-state index is -4.77. The molecule has 1 fully saturated rings. The highest BCUT2D eigenvalue weighted by molar-refractivity contribution is 6.51. The number of anilines is 2. The number of aromatic nitrogens is 2. The van der Waals surface area contributed by atoms with E-state index >= 15 is 0 Å². The van der Waals surface area contributed by atoms with E-state index in [2.05, 4.69) is 16.5 Å². The first kappa shape index (κ1) is 21.7. The Labute approximate surface area is 180 Å². The number of carbonyl (C=O) groups is 1. The third-order valence-corrected chi connectivity index (χ3v) is 5.19. The molecular weight excluding hydrogens is 430 g/mol. The summed E-state index contributed by atoms with van der Waals surface area (Å²) in [7, 11) is -1.50. The van der Waals surface area contributed by atoms with Gasteiger partial charge in [0.25, 0.3) is 5.91 Å². The van der Waals surface area contributed by atoms with Crippen LogP contribution in [-0.2, 0) is 10.9 Å². The van der Waals surface area contributed by atoms with Crippen LogP contribution in [0.5, 0.6) is 5.75 Å². The Balaban J connectivity index is 1.73. The van der Waals surface area contributed by atoms with E-state index in [1.54, 1.807) is 0 Å². The van der Waals surface area contributed by atoms with Crippen LogP contribution >= 0.6 is 0 Å².